The van der Waals surface area contributed by atoms with Crippen molar-refractivity contribution in [3.05, 3.63) is 42.7 Å². The highest BCUT2D eigenvalue weighted by atomic mass is 32.2. The molecule has 1 atom stereocenters. The van der Waals surface area contributed by atoms with Crippen LogP contribution in [0.25, 0.3) is 0 Å². The molecule has 1 unspecified atom stereocenters. The minimum Gasteiger partial charge on any atom is -0.494 e. The number of nitrogens with one attached hydrogen (secondary N) is 1. The summed E-state index contributed by atoms with van der Waals surface area (Å²) >= 11 is 1.47. The quantitative estimate of drug-likeness (QED) is 0.656. The van der Waals surface area contributed by atoms with Crippen molar-refractivity contribution < 1.29 is 9.53 Å². The predicted molar refractivity (Wildman–Crippen MR) is 85.6 cm³/mol. The third-order valence-electron chi connectivity index (χ3n) is 2.82. The van der Waals surface area contributed by atoms with Crippen molar-refractivity contribution in [3.8, 4) is 5.75 Å². The molecular weight excluding hydrogens is 286 g/mol. The van der Waals surface area contributed by atoms with E-state index in [1.807, 2.05) is 19.1 Å². The summed E-state index contributed by atoms with van der Waals surface area (Å²) < 4.78 is 5.22. The Hall–Kier alpha value is -2.21. The molecule has 0 spiro atoms. The monoisotopic (exact) mass is 303 g/mol. The zero-order chi connectivity index (χ0) is 15.2. The van der Waals surface area contributed by atoms with Crippen LogP contribution in [0.4, 0.5) is 11.4 Å². The average molecular weight is 303 g/mol. The van der Waals surface area contributed by atoms with Crippen LogP contribution in [0, 0.1) is 0 Å². The number of amides is 1. The molecule has 1 heterocycles. The van der Waals surface area contributed by atoms with Crippen LogP contribution in [-0.2, 0) is 4.79 Å². The zero-order valence-corrected chi connectivity index (χ0v) is 12.7. The number of aromatic nitrogens is 1. The van der Waals surface area contributed by atoms with Crippen molar-refractivity contribution in [1.29, 1.82) is 0 Å². The molecule has 0 saturated heterocycles. The van der Waals surface area contributed by atoms with Gasteiger partial charge in [0.2, 0.25) is 5.91 Å². The predicted octanol–water partition coefficient (Wildman–Crippen LogP) is 2.79. The normalized spacial score (nSPS) is 11.7. The Bertz CT molecular complexity index is 620. The number of nitrogen functional groups attached to an aromatic ring is 1. The third kappa shape index (κ3) is 4.13. The number of thioether (sulfide) groups is 1. The van der Waals surface area contributed by atoms with Crippen molar-refractivity contribution in [3.63, 3.8) is 0 Å². The van der Waals surface area contributed by atoms with E-state index in [9.17, 15) is 4.79 Å². The number of benzene rings is 1. The van der Waals surface area contributed by atoms with Gasteiger partial charge in [-0.15, -0.1) is 11.8 Å². The number of anilines is 2. The summed E-state index contributed by atoms with van der Waals surface area (Å²) in [5.41, 5.74) is 6.89. The first kappa shape index (κ1) is 15.2. The second kappa shape index (κ2) is 6.99. The van der Waals surface area contributed by atoms with E-state index in [4.69, 9.17) is 10.5 Å². The molecule has 0 aliphatic carbocycles. The molecule has 1 amide bonds. The van der Waals surface area contributed by atoms with Gasteiger partial charge < -0.3 is 15.8 Å². The van der Waals surface area contributed by atoms with E-state index in [0.717, 1.165) is 4.90 Å². The molecule has 110 valence electrons. The summed E-state index contributed by atoms with van der Waals surface area (Å²) in [6.07, 6.45) is 3.41. The summed E-state index contributed by atoms with van der Waals surface area (Å²) in [5, 5.41) is 2.61. The van der Waals surface area contributed by atoms with E-state index in [1.165, 1.54) is 11.8 Å². The van der Waals surface area contributed by atoms with Crippen molar-refractivity contribution in [2.45, 2.75) is 17.1 Å². The van der Waals surface area contributed by atoms with E-state index in [0.29, 0.717) is 17.1 Å². The Labute approximate surface area is 127 Å². The van der Waals surface area contributed by atoms with Gasteiger partial charge in [0.1, 0.15) is 5.75 Å². The molecule has 1 aromatic carbocycles. The molecule has 2 aromatic rings. The summed E-state index contributed by atoms with van der Waals surface area (Å²) in [4.78, 5) is 17.2. The first-order valence-electron chi connectivity index (χ1n) is 6.41. The second-order valence-corrected chi connectivity index (χ2v) is 5.81. The standard InChI is InChI=1S/C15H17N3O2S/c1-10(21-12-5-7-17-8-6-12)15(19)18-13-4-3-11(16)9-14(13)20-2/h3-10H,16H2,1-2H3,(H,18,19). The maximum atomic E-state index is 12.2. The third-order valence-corrected chi connectivity index (χ3v) is 3.93. The Balaban J connectivity index is 2.04. The van der Waals surface area contributed by atoms with Crippen molar-refractivity contribution >= 4 is 29.0 Å². The number of nitrogens with two attached hydrogens (primary N) is 1. The largest absolute Gasteiger partial charge is 0.494 e. The molecule has 3 N–H and O–H groups in total. The van der Waals surface area contributed by atoms with Gasteiger partial charge >= 0.3 is 0 Å². The number of methoxy groups -OCH3 is 1. The van der Waals surface area contributed by atoms with Crippen LogP contribution >= 0.6 is 11.8 Å². The van der Waals surface area contributed by atoms with Crippen LogP contribution in [0.2, 0.25) is 0 Å². The SMILES string of the molecule is COc1cc(N)ccc1NC(=O)C(C)Sc1ccncc1. The Kier molecular flexibility index (Phi) is 5.05. The number of rotatable bonds is 5. The van der Waals surface area contributed by atoms with E-state index < -0.39 is 0 Å². The van der Waals surface area contributed by atoms with Crippen molar-refractivity contribution in [2.75, 3.05) is 18.2 Å². The maximum absolute atomic E-state index is 12.2. The molecule has 2 rings (SSSR count). The molecule has 0 fully saturated rings. The highest BCUT2D eigenvalue weighted by molar-refractivity contribution is 8.00. The Morgan fingerprint density at radius 1 is 1.33 bits per heavy atom. The van der Waals surface area contributed by atoms with Gasteiger partial charge in [-0.2, -0.15) is 0 Å². The van der Waals surface area contributed by atoms with Gasteiger partial charge in [-0.3, -0.25) is 9.78 Å². The number of nitrogens with zero attached hydrogens (tertiary/aromatic N) is 1. The molecule has 1 aromatic heterocycles. The van der Waals surface area contributed by atoms with Crippen LogP contribution < -0.4 is 15.8 Å². The highest BCUT2D eigenvalue weighted by Gasteiger charge is 2.16. The zero-order valence-electron chi connectivity index (χ0n) is 11.9. The van der Waals surface area contributed by atoms with Gasteiger partial charge in [-0.25, -0.2) is 0 Å². The van der Waals surface area contributed by atoms with Crippen LogP contribution in [0.1, 0.15) is 6.92 Å². The van der Waals surface area contributed by atoms with Crippen molar-refractivity contribution in [1.82, 2.24) is 4.98 Å². The number of hydrogen-bond donors (Lipinski definition) is 2. The smallest absolute Gasteiger partial charge is 0.237 e. The van der Waals surface area contributed by atoms with Crippen LogP contribution in [-0.4, -0.2) is 23.3 Å². The van der Waals surface area contributed by atoms with E-state index in [-0.39, 0.29) is 11.2 Å². The fourth-order valence-electron chi connectivity index (χ4n) is 1.72. The van der Waals surface area contributed by atoms with Gasteiger partial charge in [0.25, 0.3) is 0 Å². The first-order chi connectivity index (χ1) is 10.1. The average Bonchev–Trinajstić information content (AvgIpc) is 2.49. The molecule has 5 nitrogen and oxygen atoms in total. The van der Waals surface area contributed by atoms with Gasteiger partial charge in [-0.1, -0.05) is 0 Å². The minimum absolute atomic E-state index is 0.0973. The highest BCUT2D eigenvalue weighted by Crippen LogP contribution is 2.28. The summed E-state index contributed by atoms with van der Waals surface area (Å²) in [6, 6.07) is 8.88. The summed E-state index contributed by atoms with van der Waals surface area (Å²) in [7, 11) is 1.54. The van der Waals surface area contributed by atoms with Crippen LogP contribution in [0.3, 0.4) is 0 Å². The Morgan fingerprint density at radius 3 is 2.71 bits per heavy atom. The number of hydrogen-bond acceptors (Lipinski definition) is 5. The van der Waals surface area contributed by atoms with Gasteiger partial charge in [0.05, 0.1) is 18.0 Å². The van der Waals surface area contributed by atoms with Gasteiger partial charge in [0, 0.05) is 29.0 Å². The lowest BCUT2D eigenvalue weighted by Crippen LogP contribution is -2.22. The summed E-state index contributed by atoms with van der Waals surface area (Å²) in [5.74, 6) is 0.448. The molecule has 21 heavy (non-hydrogen) atoms. The number of ether oxygens (including phenoxy) is 1. The molecular formula is C15H17N3O2S. The summed E-state index contributed by atoms with van der Waals surface area (Å²) in [6.45, 7) is 1.85. The molecule has 0 aliphatic heterocycles. The fourth-order valence-corrected chi connectivity index (χ4v) is 2.57. The van der Waals surface area contributed by atoms with Crippen molar-refractivity contribution in [2.24, 2.45) is 0 Å². The lowest BCUT2D eigenvalue weighted by Gasteiger charge is -2.14. The minimum atomic E-state index is -0.241. The topological polar surface area (TPSA) is 77.2 Å². The maximum Gasteiger partial charge on any atom is 0.237 e. The van der Waals surface area contributed by atoms with E-state index >= 15 is 0 Å². The van der Waals surface area contributed by atoms with E-state index in [1.54, 1.807) is 37.7 Å². The number of carbonyl (C=O) groups excluding carboxylic acids is 1. The first-order valence-corrected chi connectivity index (χ1v) is 7.29. The number of carbonyl (C=O) groups is 1. The molecule has 0 bridgehead atoms. The molecule has 0 saturated carbocycles. The van der Waals surface area contributed by atoms with Crippen LogP contribution in [0.5, 0.6) is 5.75 Å². The lowest BCUT2D eigenvalue weighted by molar-refractivity contribution is -0.115. The van der Waals surface area contributed by atoms with Gasteiger partial charge in [-0.05, 0) is 31.2 Å². The van der Waals surface area contributed by atoms with E-state index in [2.05, 4.69) is 10.3 Å². The molecule has 0 radical (unpaired) electrons. The fraction of sp³-hybridized carbons (Fsp3) is 0.200. The van der Waals surface area contributed by atoms with Crippen LogP contribution in [0.15, 0.2) is 47.6 Å². The van der Waals surface area contributed by atoms with Gasteiger partial charge in [0.15, 0.2) is 0 Å². The number of pyridine rings is 1. The lowest BCUT2D eigenvalue weighted by atomic mass is 10.2. The Morgan fingerprint density at radius 2 is 2.05 bits per heavy atom. The molecule has 6 heteroatoms. The molecule has 0 aliphatic rings. The second-order valence-electron chi connectivity index (χ2n) is 4.39.